The van der Waals surface area contributed by atoms with Crippen LogP contribution in [-0.2, 0) is 9.59 Å². The van der Waals surface area contributed by atoms with Crippen molar-refractivity contribution in [1.29, 1.82) is 0 Å². The lowest BCUT2D eigenvalue weighted by molar-refractivity contribution is -0.122. The second-order valence-electron chi connectivity index (χ2n) is 6.26. The summed E-state index contributed by atoms with van der Waals surface area (Å²) in [5.41, 5.74) is 0.376. The van der Waals surface area contributed by atoms with Gasteiger partial charge >= 0.3 is 6.03 Å². The molecule has 3 aromatic rings. The smallest absolute Gasteiger partial charge is 0.335 e. The molecule has 1 aliphatic heterocycles. The van der Waals surface area contributed by atoms with Gasteiger partial charge in [0, 0.05) is 10.6 Å². The Morgan fingerprint density at radius 2 is 1.70 bits per heavy atom. The van der Waals surface area contributed by atoms with Crippen molar-refractivity contribution in [1.82, 2.24) is 5.32 Å². The first-order chi connectivity index (χ1) is 14.3. The van der Waals surface area contributed by atoms with Crippen LogP contribution in [0.1, 0.15) is 5.76 Å². The van der Waals surface area contributed by atoms with E-state index in [1.165, 1.54) is 18.2 Å². The Morgan fingerprint density at radius 1 is 0.967 bits per heavy atom. The van der Waals surface area contributed by atoms with Crippen molar-refractivity contribution < 1.29 is 23.2 Å². The molecule has 30 heavy (non-hydrogen) atoms. The van der Waals surface area contributed by atoms with Gasteiger partial charge in [0.1, 0.15) is 22.9 Å². The summed E-state index contributed by atoms with van der Waals surface area (Å²) in [4.78, 5) is 37.9. The highest BCUT2D eigenvalue weighted by Gasteiger charge is 2.37. The minimum absolute atomic E-state index is 0.116. The summed E-state index contributed by atoms with van der Waals surface area (Å²) in [6.45, 7) is 0. The summed E-state index contributed by atoms with van der Waals surface area (Å²) >= 11 is 12.1. The number of halogens is 3. The van der Waals surface area contributed by atoms with Gasteiger partial charge < -0.3 is 4.42 Å². The van der Waals surface area contributed by atoms with Gasteiger partial charge in [0.05, 0.1) is 10.7 Å². The molecule has 9 heteroatoms. The van der Waals surface area contributed by atoms with Crippen molar-refractivity contribution >= 4 is 52.8 Å². The number of carbonyl (C=O) groups excluding carboxylic acids is 3. The molecule has 6 nitrogen and oxygen atoms in total. The van der Waals surface area contributed by atoms with Crippen LogP contribution in [0.2, 0.25) is 10.0 Å². The lowest BCUT2D eigenvalue weighted by Crippen LogP contribution is -2.54. The number of nitrogens with zero attached hydrogens (tertiary/aromatic N) is 1. The molecule has 1 N–H and O–H groups in total. The fourth-order valence-corrected chi connectivity index (χ4v) is 3.39. The Balaban J connectivity index is 1.68. The lowest BCUT2D eigenvalue weighted by atomic mass is 10.1. The standard InChI is InChI=1S/C21H11Cl2FN2O4/c22-11-1-7-15(17(23)9-11)18-8-6-14(30-18)10-16-19(27)25-21(29)26(20(16)28)13-4-2-12(24)3-5-13/h1-10H,(H,25,27,29). The molecule has 1 aromatic heterocycles. The number of nitrogens with one attached hydrogen (secondary N) is 1. The second kappa shape index (κ2) is 7.78. The van der Waals surface area contributed by atoms with Gasteiger partial charge in [-0.25, -0.2) is 14.1 Å². The molecule has 2 aromatic carbocycles. The molecule has 0 unspecified atom stereocenters. The van der Waals surface area contributed by atoms with E-state index in [0.717, 1.165) is 17.0 Å². The van der Waals surface area contributed by atoms with Crippen molar-refractivity contribution in [3.63, 3.8) is 0 Å². The van der Waals surface area contributed by atoms with Crippen LogP contribution in [0.25, 0.3) is 17.4 Å². The molecular weight excluding hydrogens is 434 g/mol. The van der Waals surface area contributed by atoms with Gasteiger partial charge in [0.2, 0.25) is 0 Å². The molecule has 0 atom stereocenters. The van der Waals surface area contributed by atoms with Crippen LogP contribution in [0.3, 0.4) is 0 Å². The second-order valence-corrected chi connectivity index (χ2v) is 7.10. The van der Waals surface area contributed by atoms with E-state index < -0.39 is 23.7 Å². The zero-order chi connectivity index (χ0) is 21.4. The van der Waals surface area contributed by atoms with Gasteiger partial charge in [-0.1, -0.05) is 23.2 Å². The van der Waals surface area contributed by atoms with Crippen LogP contribution in [0.5, 0.6) is 0 Å². The number of hydrogen-bond acceptors (Lipinski definition) is 4. The van der Waals surface area contributed by atoms with Gasteiger partial charge in [0.25, 0.3) is 11.8 Å². The van der Waals surface area contributed by atoms with Crippen LogP contribution in [0.4, 0.5) is 14.9 Å². The Bertz CT molecular complexity index is 1220. The average Bonchev–Trinajstić information content (AvgIpc) is 3.15. The Hall–Kier alpha value is -3.42. The zero-order valence-electron chi connectivity index (χ0n) is 15.0. The predicted octanol–water partition coefficient (Wildman–Crippen LogP) is 5.06. The molecule has 0 spiro atoms. The van der Waals surface area contributed by atoms with E-state index in [-0.39, 0.29) is 17.0 Å². The van der Waals surface area contributed by atoms with E-state index in [1.54, 1.807) is 30.3 Å². The third-order valence-corrected chi connectivity index (χ3v) is 4.84. The van der Waals surface area contributed by atoms with Gasteiger partial charge in [-0.05, 0) is 60.7 Å². The van der Waals surface area contributed by atoms with Gasteiger partial charge in [0.15, 0.2) is 0 Å². The Kier molecular flexibility index (Phi) is 5.15. The quantitative estimate of drug-likeness (QED) is 0.452. The fourth-order valence-electron chi connectivity index (χ4n) is 2.89. The number of rotatable bonds is 3. The third-order valence-electron chi connectivity index (χ3n) is 4.30. The summed E-state index contributed by atoms with van der Waals surface area (Å²) in [5.74, 6) is -1.66. The summed E-state index contributed by atoms with van der Waals surface area (Å²) in [7, 11) is 0. The highest BCUT2D eigenvalue weighted by molar-refractivity contribution is 6.39. The number of anilines is 1. The van der Waals surface area contributed by atoms with Crippen molar-refractivity contribution in [3.8, 4) is 11.3 Å². The number of urea groups is 1. The van der Waals surface area contributed by atoms with E-state index in [1.807, 2.05) is 0 Å². The number of furan rings is 1. The lowest BCUT2D eigenvalue weighted by Gasteiger charge is -2.26. The predicted molar refractivity (Wildman–Crippen MR) is 110 cm³/mol. The Morgan fingerprint density at radius 3 is 2.40 bits per heavy atom. The topological polar surface area (TPSA) is 79.6 Å². The van der Waals surface area contributed by atoms with Crippen molar-refractivity contribution in [2.24, 2.45) is 0 Å². The monoisotopic (exact) mass is 444 g/mol. The van der Waals surface area contributed by atoms with Crippen molar-refractivity contribution in [2.75, 3.05) is 4.90 Å². The van der Waals surface area contributed by atoms with E-state index in [0.29, 0.717) is 21.4 Å². The highest BCUT2D eigenvalue weighted by Crippen LogP contribution is 2.32. The van der Waals surface area contributed by atoms with Crippen molar-refractivity contribution in [2.45, 2.75) is 0 Å². The van der Waals surface area contributed by atoms with Crippen LogP contribution < -0.4 is 10.2 Å². The summed E-state index contributed by atoms with van der Waals surface area (Å²) < 4.78 is 18.9. The largest absolute Gasteiger partial charge is 0.457 e. The van der Waals surface area contributed by atoms with Crippen LogP contribution in [0.15, 0.2) is 64.6 Å². The maximum Gasteiger partial charge on any atom is 0.335 e. The maximum atomic E-state index is 13.2. The van der Waals surface area contributed by atoms with E-state index in [4.69, 9.17) is 27.6 Å². The molecule has 1 saturated heterocycles. The first-order valence-corrected chi connectivity index (χ1v) is 9.31. The molecule has 0 radical (unpaired) electrons. The van der Waals surface area contributed by atoms with Gasteiger partial charge in [-0.3, -0.25) is 14.9 Å². The third kappa shape index (κ3) is 3.72. The van der Waals surface area contributed by atoms with Crippen LogP contribution in [-0.4, -0.2) is 17.8 Å². The number of amides is 4. The summed E-state index contributed by atoms with van der Waals surface area (Å²) in [5, 5.41) is 2.92. The van der Waals surface area contributed by atoms with Crippen LogP contribution >= 0.6 is 23.2 Å². The molecule has 4 rings (SSSR count). The molecule has 0 saturated carbocycles. The zero-order valence-corrected chi connectivity index (χ0v) is 16.5. The number of barbiturate groups is 1. The molecule has 2 heterocycles. The molecule has 1 fully saturated rings. The van der Waals surface area contributed by atoms with E-state index in [9.17, 15) is 18.8 Å². The first kappa shape index (κ1) is 19.9. The van der Waals surface area contributed by atoms with Crippen molar-refractivity contribution in [3.05, 3.63) is 81.8 Å². The SMILES string of the molecule is O=C1NC(=O)N(c2ccc(F)cc2)C(=O)C1=Cc1ccc(-c2ccc(Cl)cc2Cl)o1. The highest BCUT2D eigenvalue weighted by atomic mass is 35.5. The number of carbonyl (C=O) groups is 3. The van der Waals surface area contributed by atoms with E-state index >= 15 is 0 Å². The minimum Gasteiger partial charge on any atom is -0.457 e. The fraction of sp³-hybridized carbons (Fsp3) is 0. The number of benzene rings is 2. The number of hydrogen-bond donors (Lipinski definition) is 1. The molecule has 4 amide bonds. The Labute approximate surface area is 179 Å². The first-order valence-electron chi connectivity index (χ1n) is 8.56. The normalized spacial score (nSPS) is 15.6. The van der Waals surface area contributed by atoms with Crippen LogP contribution in [0, 0.1) is 5.82 Å². The van der Waals surface area contributed by atoms with Gasteiger partial charge in [-0.15, -0.1) is 0 Å². The molecule has 1 aliphatic rings. The molecule has 150 valence electrons. The summed E-state index contributed by atoms with van der Waals surface area (Å²) in [6, 6.07) is 11.8. The molecule has 0 aliphatic carbocycles. The molecular formula is C21H11Cl2FN2O4. The minimum atomic E-state index is -0.929. The summed E-state index contributed by atoms with van der Waals surface area (Å²) in [6.07, 6.45) is 1.22. The average molecular weight is 445 g/mol. The maximum absolute atomic E-state index is 13.2. The van der Waals surface area contributed by atoms with Gasteiger partial charge in [-0.2, -0.15) is 0 Å². The number of imide groups is 2. The van der Waals surface area contributed by atoms with E-state index in [2.05, 4.69) is 5.32 Å². The molecule has 0 bridgehead atoms.